The molecule has 6 heteroatoms. The van der Waals surface area contributed by atoms with E-state index >= 15 is 0 Å². The smallest absolute Gasteiger partial charge is 0.326 e. The molecule has 1 heterocycles. The topological polar surface area (TPSA) is 86.7 Å². The van der Waals surface area contributed by atoms with Crippen LogP contribution in [0.1, 0.15) is 26.7 Å². The third-order valence-electron chi connectivity index (χ3n) is 3.26. The Morgan fingerprint density at radius 2 is 2.06 bits per heavy atom. The Morgan fingerprint density at radius 3 is 2.50 bits per heavy atom. The molecule has 0 radical (unpaired) electrons. The van der Waals surface area contributed by atoms with Crippen LogP contribution in [0.2, 0.25) is 0 Å². The number of aliphatic carboxylic acids is 1. The van der Waals surface area contributed by atoms with E-state index in [0.717, 1.165) is 0 Å². The summed E-state index contributed by atoms with van der Waals surface area (Å²) >= 11 is 0. The lowest BCUT2D eigenvalue weighted by Gasteiger charge is -2.29. The molecule has 0 spiro atoms. The predicted octanol–water partition coefficient (Wildman–Crippen LogP) is 0.0802. The van der Waals surface area contributed by atoms with Crippen molar-refractivity contribution in [1.29, 1.82) is 0 Å². The molecule has 0 aliphatic carbocycles. The largest absolute Gasteiger partial charge is 0.480 e. The number of nitrogens with zero attached hydrogens (tertiary/aromatic N) is 1. The van der Waals surface area contributed by atoms with E-state index in [2.05, 4.69) is 5.32 Å². The second kappa shape index (κ2) is 5.84. The summed E-state index contributed by atoms with van der Waals surface area (Å²) in [5.74, 6) is -2.05. The Morgan fingerprint density at radius 1 is 1.44 bits per heavy atom. The molecule has 2 unspecified atom stereocenters. The number of carbonyl (C=O) groups is 3. The predicted molar refractivity (Wildman–Crippen MR) is 64.8 cm³/mol. The van der Waals surface area contributed by atoms with Gasteiger partial charge in [-0.25, -0.2) is 4.79 Å². The molecule has 1 fully saturated rings. The van der Waals surface area contributed by atoms with Gasteiger partial charge < -0.3 is 15.3 Å². The standard InChI is InChI=1S/C12H20N2O4/c1-7(2)10(12(17)18)13-11(16)8-4-5-14(3)9(15)6-8/h7-8,10H,4-6H2,1-3H3,(H,13,16)(H,17,18). The van der Waals surface area contributed by atoms with Gasteiger partial charge in [0.1, 0.15) is 6.04 Å². The zero-order valence-electron chi connectivity index (χ0n) is 11.0. The van der Waals surface area contributed by atoms with Crippen LogP contribution >= 0.6 is 0 Å². The Kier molecular flexibility index (Phi) is 4.69. The van der Waals surface area contributed by atoms with Gasteiger partial charge in [-0.1, -0.05) is 13.8 Å². The minimum Gasteiger partial charge on any atom is -0.480 e. The van der Waals surface area contributed by atoms with Crippen molar-refractivity contribution in [2.75, 3.05) is 13.6 Å². The Hall–Kier alpha value is -1.59. The number of carbonyl (C=O) groups excluding carboxylic acids is 2. The first-order valence-corrected chi connectivity index (χ1v) is 6.10. The summed E-state index contributed by atoms with van der Waals surface area (Å²) < 4.78 is 0. The second-order valence-electron chi connectivity index (χ2n) is 5.07. The summed E-state index contributed by atoms with van der Waals surface area (Å²) in [5, 5.41) is 11.5. The van der Waals surface area contributed by atoms with Gasteiger partial charge in [0.25, 0.3) is 0 Å². The molecule has 2 amide bonds. The van der Waals surface area contributed by atoms with Crippen LogP contribution in [0.5, 0.6) is 0 Å². The highest BCUT2D eigenvalue weighted by atomic mass is 16.4. The van der Waals surface area contributed by atoms with E-state index in [-0.39, 0.29) is 24.2 Å². The zero-order valence-corrected chi connectivity index (χ0v) is 11.0. The van der Waals surface area contributed by atoms with Gasteiger partial charge in [0.15, 0.2) is 0 Å². The fraction of sp³-hybridized carbons (Fsp3) is 0.750. The van der Waals surface area contributed by atoms with Crippen LogP contribution in [0.3, 0.4) is 0 Å². The first-order chi connectivity index (χ1) is 8.32. The van der Waals surface area contributed by atoms with Gasteiger partial charge in [-0.05, 0) is 12.3 Å². The molecule has 0 aromatic carbocycles. The quantitative estimate of drug-likeness (QED) is 0.745. The zero-order chi connectivity index (χ0) is 13.9. The van der Waals surface area contributed by atoms with Crippen molar-refractivity contribution in [3.05, 3.63) is 0 Å². The van der Waals surface area contributed by atoms with Gasteiger partial charge in [-0.15, -0.1) is 0 Å². The molecule has 1 aliphatic heterocycles. The molecule has 0 aromatic rings. The molecule has 0 saturated carbocycles. The molecule has 6 nitrogen and oxygen atoms in total. The number of rotatable bonds is 4. The summed E-state index contributed by atoms with van der Waals surface area (Å²) in [6, 6.07) is -0.896. The first kappa shape index (κ1) is 14.5. The van der Waals surface area contributed by atoms with Crippen LogP contribution in [0.25, 0.3) is 0 Å². The highest BCUT2D eigenvalue weighted by molar-refractivity contribution is 5.89. The van der Waals surface area contributed by atoms with E-state index in [4.69, 9.17) is 5.11 Å². The third-order valence-corrected chi connectivity index (χ3v) is 3.26. The van der Waals surface area contributed by atoms with Crippen molar-refractivity contribution in [2.24, 2.45) is 11.8 Å². The molecule has 0 bridgehead atoms. The van der Waals surface area contributed by atoms with Gasteiger partial charge in [-0.3, -0.25) is 9.59 Å². The van der Waals surface area contributed by atoms with E-state index < -0.39 is 17.9 Å². The maximum atomic E-state index is 11.9. The van der Waals surface area contributed by atoms with Crippen LogP contribution in [-0.4, -0.2) is 47.4 Å². The van der Waals surface area contributed by atoms with Crippen molar-refractivity contribution in [1.82, 2.24) is 10.2 Å². The number of carboxylic acids is 1. The summed E-state index contributed by atoms with van der Waals surface area (Å²) in [4.78, 5) is 36.0. The number of hydrogen-bond donors (Lipinski definition) is 2. The average molecular weight is 256 g/mol. The van der Waals surface area contributed by atoms with Crippen molar-refractivity contribution >= 4 is 17.8 Å². The summed E-state index contributed by atoms with van der Waals surface area (Å²) in [5.41, 5.74) is 0. The molecule has 2 N–H and O–H groups in total. The summed E-state index contributed by atoms with van der Waals surface area (Å²) in [7, 11) is 1.70. The van der Waals surface area contributed by atoms with Crippen molar-refractivity contribution in [3.63, 3.8) is 0 Å². The normalized spacial score (nSPS) is 21.9. The number of amides is 2. The van der Waals surface area contributed by atoms with Crippen molar-refractivity contribution < 1.29 is 19.5 Å². The van der Waals surface area contributed by atoms with E-state index in [1.54, 1.807) is 25.8 Å². The second-order valence-corrected chi connectivity index (χ2v) is 5.07. The van der Waals surface area contributed by atoms with Gasteiger partial charge >= 0.3 is 5.97 Å². The summed E-state index contributed by atoms with van der Waals surface area (Å²) in [6.45, 7) is 4.01. The summed E-state index contributed by atoms with van der Waals surface area (Å²) in [6.07, 6.45) is 0.741. The lowest BCUT2D eigenvalue weighted by molar-refractivity contribution is -0.145. The molecule has 1 saturated heterocycles. The fourth-order valence-electron chi connectivity index (χ4n) is 1.95. The molecule has 18 heavy (non-hydrogen) atoms. The highest BCUT2D eigenvalue weighted by Crippen LogP contribution is 2.18. The molecule has 1 aliphatic rings. The number of nitrogens with one attached hydrogen (secondary N) is 1. The monoisotopic (exact) mass is 256 g/mol. The first-order valence-electron chi connectivity index (χ1n) is 6.10. The van der Waals surface area contributed by atoms with Gasteiger partial charge in [0, 0.05) is 25.9 Å². The minimum absolute atomic E-state index is 0.0715. The molecular formula is C12H20N2O4. The van der Waals surface area contributed by atoms with Crippen LogP contribution in [0, 0.1) is 11.8 Å². The number of carboxylic acid groups (broad SMARTS) is 1. The van der Waals surface area contributed by atoms with E-state index in [9.17, 15) is 14.4 Å². The van der Waals surface area contributed by atoms with Crippen molar-refractivity contribution in [3.8, 4) is 0 Å². The van der Waals surface area contributed by atoms with Gasteiger partial charge in [-0.2, -0.15) is 0 Å². The molecule has 2 atom stereocenters. The maximum Gasteiger partial charge on any atom is 0.326 e. The van der Waals surface area contributed by atoms with Crippen LogP contribution < -0.4 is 5.32 Å². The van der Waals surface area contributed by atoms with Crippen molar-refractivity contribution in [2.45, 2.75) is 32.7 Å². The Balaban J connectivity index is 2.60. The number of hydrogen-bond acceptors (Lipinski definition) is 3. The fourth-order valence-corrected chi connectivity index (χ4v) is 1.95. The number of likely N-dealkylation sites (tertiary alicyclic amines) is 1. The SMILES string of the molecule is CC(C)C(NC(=O)C1CCN(C)C(=O)C1)C(=O)O. The number of piperidine rings is 1. The highest BCUT2D eigenvalue weighted by Gasteiger charge is 2.32. The average Bonchev–Trinajstić information content (AvgIpc) is 2.28. The van der Waals surface area contributed by atoms with E-state index in [0.29, 0.717) is 13.0 Å². The van der Waals surface area contributed by atoms with E-state index in [1.807, 2.05) is 0 Å². The Bertz CT molecular complexity index is 354. The molecular weight excluding hydrogens is 236 g/mol. The molecule has 1 rings (SSSR count). The van der Waals surface area contributed by atoms with Crippen LogP contribution in [0.4, 0.5) is 0 Å². The van der Waals surface area contributed by atoms with Gasteiger partial charge in [0.05, 0.1) is 0 Å². The van der Waals surface area contributed by atoms with Crippen LogP contribution in [0.15, 0.2) is 0 Å². The third kappa shape index (κ3) is 3.45. The maximum absolute atomic E-state index is 11.9. The van der Waals surface area contributed by atoms with Gasteiger partial charge in [0.2, 0.25) is 11.8 Å². The van der Waals surface area contributed by atoms with Crippen LogP contribution in [-0.2, 0) is 14.4 Å². The lowest BCUT2D eigenvalue weighted by atomic mass is 9.94. The molecule has 0 aromatic heterocycles. The molecule has 102 valence electrons. The van der Waals surface area contributed by atoms with E-state index in [1.165, 1.54) is 0 Å². The lowest BCUT2D eigenvalue weighted by Crippen LogP contribution is -2.49. The minimum atomic E-state index is -1.04. The Labute approximate surface area is 106 Å².